The lowest BCUT2D eigenvalue weighted by Gasteiger charge is -2.28. The average molecular weight is 488 g/mol. The summed E-state index contributed by atoms with van der Waals surface area (Å²) < 4.78 is 6.95. The third-order valence-corrected chi connectivity index (χ3v) is 8.26. The monoisotopic (exact) mass is 487 g/mol. The van der Waals surface area contributed by atoms with E-state index in [4.69, 9.17) is 9.40 Å². The number of nitrogens with zero attached hydrogens (tertiary/aromatic N) is 1. The van der Waals surface area contributed by atoms with Crippen molar-refractivity contribution in [2.75, 3.05) is 0 Å². The molecule has 0 unspecified atom stereocenters. The van der Waals surface area contributed by atoms with E-state index in [-0.39, 0.29) is 5.41 Å². The maximum absolute atomic E-state index is 6.95. The number of rotatable bonds is 2. The standard InChI is InChI=1S/C36H25NO/c1-36(2)28-20-19-26(23-13-7-4-8-14-23)35-32(28)31-27(33-29(36)21-24-15-9-10-16-30(24)37-33)18-17-25(34(31)38-35)22-11-5-3-6-12-22/h3-21H,1-2H3. The second kappa shape index (κ2) is 7.66. The average Bonchev–Trinajstić information content (AvgIpc) is 3.34. The molecule has 0 radical (unpaired) electrons. The molecule has 2 heteroatoms. The normalized spacial score (nSPS) is 13.7. The second-order valence-corrected chi connectivity index (χ2v) is 10.8. The number of aromatic nitrogens is 1. The van der Waals surface area contributed by atoms with Crippen molar-refractivity contribution in [3.63, 3.8) is 0 Å². The molecule has 0 saturated heterocycles. The fraction of sp³-hybridized carbons (Fsp3) is 0.0833. The molecule has 2 aromatic heterocycles. The number of fused-ring (bicyclic) bond motifs is 3. The molecular formula is C36H25NO. The zero-order chi connectivity index (χ0) is 25.4. The van der Waals surface area contributed by atoms with Crippen LogP contribution < -0.4 is 0 Å². The topological polar surface area (TPSA) is 26.0 Å². The molecule has 2 heterocycles. The summed E-state index contributed by atoms with van der Waals surface area (Å²) in [5, 5.41) is 3.52. The van der Waals surface area contributed by atoms with Gasteiger partial charge in [0.1, 0.15) is 11.2 Å². The van der Waals surface area contributed by atoms with Gasteiger partial charge in [-0.2, -0.15) is 0 Å². The Morgan fingerprint density at radius 1 is 0.553 bits per heavy atom. The van der Waals surface area contributed by atoms with Crippen molar-refractivity contribution in [1.29, 1.82) is 0 Å². The molecule has 0 saturated carbocycles. The lowest BCUT2D eigenvalue weighted by molar-refractivity contribution is 0.643. The van der Waals surface area contributed by atoms with Gasteiger partial charge in [0.15, 0.2) is 0 Å². The molecule has 8 rings (SSSR count). The van der Waals surface area contributed by atoms with Crippen LogP contribution >= 0.6 is 0 Å². The number of pyridine rings is 1. The molecule has 1 aliphatic carbocycles. The zero-order valence-electron chi connectivity index (χ0n) is 21.3. The highest BCUT2D eigenvalue weighted by Gasteiger charge is 2.36. The van der Waals surface area contributed by atoms with Gasteiger partial charge in [0, 0.05) is 38.3 Å². The number of benzene rings is 5. The van der Waals surface area contributed by atoms with Crippen LogP contribution in [0.2, 0.25) is 0 Å². The summed E-state index contributed by atoms with van der Waals surface area (Å²) in [6.45, 7) is 4.64. The van der Waals surface area contributed by atoms with E-state index >= 15 is 0 Å². The van der Waals surface area contributed by atoms with Gasteiger partial charge in [0.25, 0.3) is 0 Å². The maximum Gasteiger partial charge on any atom is 0.143 e. The van der Waals surface area contributed by atoms with Crippen LogP contribution in [-0.4, -0.2) is 4.98 Å². The van der Waals surface area contributed by atoms with Crippen LogP contribution in [0.25, 0.3) is 66.4 Å². The van der Waals surface area contributed by atoms with Crippen LogP contribution in [0.15, 0.2) is 120 Å². The fourth-order valence-corrected chi connectivity index (χ4v) is 6.33. The summed E-state index contributed by atoms with van der Waals surface area (Å²) in [7, 11) is 0. The minimum absolute atomic E-state index is 0.275. The van der Waals surface area contributed by atoms with Gasteiger partial charge in [0.2, 0.25) is 0 Å². The van der Waals surface area contributed by atoms with Gasteiger partial charge < -0.3 is 4.42 Å². The highest BCUT2D eigenvalue weighted by molar-refractivity contribution is 6.21. The first-order chi connectivity index (χ1) is 18.6. The van der Waals surface area contributed by atoms with Gasteiger partial charge in [-0.05, 0) is 40.5 Å². The SMILES string of the molecule is CC1(C)c2cc3ccccc3nc2-c2ccc(-c3ccccc3)c3oc4c(-c5ccccc5)ccc1c4c23. The summed E-state index contributed by atoms with van der Waals surface area (Å²) in [6, 6.07) is 40.9. The smallest absolute Gasteiger partial charge is 0.143 e. The molecule has 180 valence electrons. The summed E-state index contributed by atoms with van der Waals surface area (Å²) in [4.78, 5) is 5.29. The predicted octanol–water partition coefficient (Wildman–Crippen LogP) is 9.77. The van der Waals surface area contributed by atoms with E-state index in [2.05, 4.69) is 129 Å². The first kappa shape index (κ1) is 21.4. The van der Waals surface area contributed by atoms with Gasteiger partial charge in [-0.3, -0.25) is 0 Å². The third-order valence-electron chi connectivity index (χ3n) is 8.26. The Bertz CT molecular complexity index is 2030. The largest absolute Gasteiger partial charge is 0.455 e. The lowest BCUT2D eigenvalue weighted by Crippen LogP contribution is -2.20. The molecule has 0 aliphatic heterocycles. The van der Waals surface area contributed by atoms with Crippen LogP contribution in [-0.2, 0) is 5.41 Å². The number of para-hydroxylation sites is 1. The van der Waals surface area contributed by atoms with E-state index < -0.39 is 0 Å². The second-order valence-electron chi connectivity index (χ2n) is 10.8. The summed E-state index contributed by atoms with van der Waals surface area (Å²) in [6.07, 6.45) is 0. The van der Waals surface area contributed by atoms with Gasteiger partial charge >= 0.3 is 0 Å². The molecule has 0 fully saturated rings. The van der Waals surface area contributed by atoms with Crippen molar-refractivity contribution < 1.29 is 4.42 Å². The first-order valence-electron chi connectivity index (χ1n) is 13.2. The van der Waals surface area contributed by atoms with Crippen molar-refractivity contribution in [1.82, 2.24) is 4.98 Å². The maximum atomic E-state index is 6.95. The molecule has 38 heavy (non-hydrogen) atoms. The van der Waals surface area contributed by atoms with Crippen molar-refractivity contribution >= 4 is 32.8 Å². The van der Waals surface area contributed by atoms with Crippen LogP contribution in [0.1, 0.15) is 25.0 Å². The molecule has 0 spiro atoms. The Morgan fingerprint density at radius 2 is 1.13 bits per heavy atom. The molecule has 0 atom stereocenters. The molecule has 5 aromatic carbocycles. The van der Waals surface area contributed by atoms with Crippen molar-refractivity contribution in [3.05, 3.63) is 126 Å². The van der Waals surface area contributed by atoms with Crippen LogP contribution in [0.5, 0.6) is 0 Å². The quantitative estimate of drug-likeness (QED) is 0.242. The fourth-order valence-electron chi connectivity index (χ4n) is 6.33. The number of hydrogen-bond acceptors (Lipinski definition) is 2. The highest BCUT2D eigenvalue weighted by Crippen LogP contribution is 2.52. The van der Waals surface area contributed by atoms with E-state index in [0.29, 0.717) is 0 Å². The van der Waals surface area contributed by atoms with E-state index in [0.717, 1.165) is 55.6 Å². The molecule has 7 aromatic rings. The summed E-state index contributed by atoms with van der Waals surface area (Å²) >= 11 is 0. The van der Waals surface area contributed by atoms with Crippen LogP contribution in [0, 0.1) is 0 Å². The molecular weight excluding hydrogens is 462 g/mol. The molecule has 2 nitrogen and oxygen atoms in total. The molecule has 0 bridgehead atoms. The number of hydrogen-bond donors (Lipinski definition) is 0. The Hall–Kier alpha value is -4.69. The van der Waals surface area contributed by atoms with E-state index in [9.17, 15) is 0 Å². The zero-order valence-corrected chi connectivity index (χ0v) is 21.3. The Balaban J connectivity index is 1.59. The molecule has 0 N–H and O–H groups in total. The van der Waals surface area contributed by atoms with Crippen molar-refractivity contribution in [2.24, 2.45) is 0 Å². The number of furan rings is 1. The first-order valence-corrected chi connectivity index (χ1v) is 13.2. The van der Waals surface area contributed by atoms with Crippen LogP contribution in [0.4, 0.5) is 0 Å². The lowest BCUT2D eigenvalue weighted by atomic mass is 9.76. The minimum atomic E-state index is -0.275. The van der Waals surface area contributed by atoms with Crippen molar-refractivity contribution in [2.45, 2.75) is 19.3 Å². The predicted molar refractivity (Wildman–Crippen MR) is 157 cm³/mol. The van der Waals surface area contributed by atoms with Gasteiger partial charge in [-0.1, -0.05) is 111 Å². The minimum Gasteiger partial charge on any atom is -0.455 e. The van der Waals surface area contributed by atoms with Gasteiger partial charge in [0.05, 0.1) is 11.2 Å². The Morgan fingerprint density at radius 3 is 1.84 bits per heavy atom. The van der Waals surface area contributed by atoms with E-state index in [1.165, 1.54) is 21.9 Å². The van der Waals surface area contributed by atoms with E-state index in [1.54, 1.807) is 0 Å². The van der Waals surface area contributed by atoms with Crippen LogP contribution in [0.3, 0.4) is 0 Å². The Labute approximate surface area is 221 Å². The van der Waals surface area contributed by atoms with Crippen molar-refractivity contribution in [3.8, 4) is 33.5 Å². The van der Waals surface area contributed by atoms with Gasteiger partial charge in [-0.15, -0.1) is 0 Å². The molecule has 1 aliphatic rings. The molecule has 0 amide bonds. The Kier molecular flexibility index (Phi) is 4.31. The van der Waals surface area contributed by atoms with E-state index in [1.807, 2.05) is 0 Å². The summed E-state index contributed by atoms with van der Waals surface area (Å²) in [5.74, 6) is 0. The highest BCUT2D eigenvalue weighted by atomic mass is 16.3. The summed E-state index contributed by atoms with van der Waals surface area (Å²) in [5.41, 5.74) is 11.8. The van der Waals surface area contributed by atoms with Gasteiger partial charge in [-0.25, -0.2) is 4.98 Å². The third kappa shape index (κ3) is 2.86.